The summed E-state index contributed by atoms with van der Waals surface area (Å²) in [6.45, 7) is 5.62. The molecule has 0 aliphatic heterocycles. The van der Waals surface area contributed by atoms with Gasteiger partial charge in [-0.15, -0.1) is 0 Å². The van der Waals surface area contributed by atoms with Crippen LogP contribution in [0.4, 0.5) is 0 Å². The van der Waals surface area contributed by atoms with Gasteiger partial charge < -0.3 is 5.32 Å². The van der Waals surface area contributed by atoms with Gasteiger partial charge in [-0.2, -0.15) is 11.8 Å². The summed E-state index contributed by atoms with van der Waals surface area (Å²) < 4.78 is 0. The zero-order valence-electron chi connectivity index (χ0n) is 9.86. The lowest BCUT2D eigenvalue weighted by molar-refractivity contribution is 0.423. The molecule has 0 saturated heterocycles. The maximum Gasteiger partial charge on any atom is 0.0343 e. The van der Waals surface area contributed by atoms with Gasteiger partial charge in [-0.1, -0.05) is 44.2 Å². The maximum absolute atomic E-state index is 3.62. The molecule has 1 atom stereocenters. The third-order valence-corrected chi connectivity index (χ3v) is 3.11. The Balaban J connectivity index is 2.58. The zero-order valence-corrected chi connectivity index (χ0v) is 10.7. The molecule has 0 fully saturated rings. The Morgan fingerprint density at radius 2 is 1.87 bits per heavy atom. The lowest BCUT2D eigenvalue weighted by atomic mass is 9.96. The molecule has 2 heteroatoms. The molecular formula is C13H21NS. The predicted octanol–water partition coefficient (Wildman–Crippen LogP) is 3.34. The van der Waals surface area contributed by atoms with E-state index in [-0.39, 0.29) is 0 Å². The summed E-state index contributed by atoms with van der Waals surface area (Å²) in [6, 6.07) is 11.2. The van der Waals surface area contributed by atoms with Crippen molar-refractivity contribution in [2.75, 3.05) is 18.6 Å². The first kappa shape index (κ1) is 12.6. The second kappa shape index (κ2) is 6.91. The normalized spacial score (nSPS) is 13.1. The molecule has 1 nitrogen and oxygen atoms in total. The van der Waals surface area contributed by atoms with E-state index in [2.05, 4.69) is 55.8 Å². The highest BCUT2D eigenvalue weighted by Crippen LogP contribution is 2.20. The highest BCUT2D eigenvalue weighted by Gasteiger charge is 2.13. The summed E-state index contributed by atoms with van der Waals surface area (Å²) in [7, 11) is 0. The number of benzene rings is 1. The van der Waals surface area contributed by atoms with Crippen LogP contribution in [0.15, 0.2) is 30.3 Å². The second-order valence-electron chi connectivity index (χ2n) is 4.08. The SMILES string of the molecule is CSCCNC(c1ccccc1)C(C)C. The highest BCUT2D eigenvalue weighted by atomic mass is 32.2. The van der Waals surface area contributed by atoms with E-state index in [1.807, 2.05) is 11.8 Å². The molecule has 0 bridgehead atoms. The molecule has 1 N–H and O–H groups in total. The van der Waals surface area contributed by atoms with Gasteiger partial charge in [0.1, 0.15) is 0 Å². The summed E-state index contributed by atoms with van der Waals surface area (Å²) >= 11 is 1.89. The fourth-order valence-electron chi connectivity index (χ4n) is 1.72. The van der Waals surface area contributed by atoms with Gasteiger partial charge in [-0.3, -0.25) is 0 Å². The van der Waals surface area contributed by atoms with Crippen molar-refractivity contribution in [3.63, 3.8) is 0 Å². The average Bonchev–Trinajstić information content (AvgIpc) is 2.25. The Labute approximate surface area is 97.7 Å². The van der Waals surface area contributed by atoms with Crippen molar-refractivity contribution in [1.82, 2.24) is 5.32 Å². The van der Waals surface area contributed by atoms with Crippen LogP contribution in [0.3, 0.4) is 0 Å². The topological polar surface area (TPSA) is 12.0 Å². The van der Waals surface area contributed by atoms with Crippen molar-refractivity contribution >= 4 is 11.8 Å². The highest BCUT2D eigenvalue weighted by molar-refractivity contribution is 7.98. The second-order valence-corrected chi connectivity index (χ2v) is 5.06. The van der Waals surface area contributed by atoms with Crippen molar-refractivity contribution in [2.45, 2.75) is 19.9 Å². The first-order valence-electron chi connectivity index (χ1n) is 5.53. The molecule has 84 valence electrons. The Morgan fingerprint density at radius 1 is 1.20 bits per heavy atom. The molecule has 1 aromatic carbocycles. The molecule has 0 aromatic heterocycles. The molecule has 1 rings (SSSR count). The van der Waals surface area contributed by atoms with Crippen molar-refractivity contribution in [3.8, 4) is 0 Å². The Morgan fingerprint density at radius 3 is 2.40 bits per heavy atom. The van der Waals surface area contributed by atoms with Gasteiger partial charge in [-0.25, -0.2) is 0 Å². The molecular weight excluding hydrogens is 202 g/mol. The minimum atomic E-state index is 0.485. The van der Waals surface area contributed by atoms with E-state index in [1.165, 1.54) is 11.3 Å². The van der Waals surface area contributed by atoms with Crippen LogP contribution >= 0.6 is 11.8 Å². The van der Waals surface area contributed by atoms with Crippen LogP contribution in [0.25, 0.3) is 0 Å². The van der Waals surface area contributed by atoms with Crippen LogP contribution in [-0.2, 0) is 0 Å². The Kier molecular flexibility index (Phi) is 5.81. The molecule has 0 saturated carbocycles. The Hall–Kier alpha value is -0.470. The molecule has 1 aromatic rings. The molecule has 0 spiro atoms. The molecule has 0 aliphatic rings. The van der Waals surface area contributed by atoms with E-state index in [0.717, 1.165) is 6.54 Å². The standard InChI is InChI=1S/C13H21NS/c1-11(2)13(14-9-10-15-3)12-7-5-4-6-8-12/h4-8,11,13-14H,9-10H2,1-3H3. The van der Waals surface area contributed by atoms with Gasteiger partial charge in [0.25, 0.3) is 0 Å². The molecule has 0 heterocycles. The molecule has 0 amide bonds. The fraction of sp³-hybridized carbons (Fsp3) is 0.538. The van der Waals surface area contributed by atoms with Crippen molar-refractivity contribution in [2.24, 2.45) is 5.92 Å². The summed E-state index contributed by atoms with van der Waals surface area (Å²) in [5.74, 6) is 1.81. The first-order valence-corrected chi connectivity index (χ1v) is 6.92. The number of hydrogen-bond donors (Lipinski definition) is 1. The van der Waals surface area contributed by atoms with Crippen LogP contribution in [0.2, 0.25) is 0 Å². The van der Waals surface area contributed by atoms with Gasteiger partial charge in [0.05, 0.1) is 0 Å². The van der Waals surface area contributed by atoms with Crippen molar-refractivity contribution < 1.29 is 0 Å². The van der Waals surface area contributed by atoms with Gasteiger partial charge in [-0.05, 0) is 17.7 Å². The molecule has 0 aliphatic carbocycles. The average molecular weight is 223 g/mol. The molecule has 1 unspecified atom stereocenters. The van der Waals surface area contributed by atoms with E-state index < -0.39 is 0 Å². The van der Waals surface area contributed by atoms with E-state index in [0.29, 0.717) is 12.0 Å². The van der Waals surface area contributed by atoms with E-state index >= 15 is 0 Å². The number of hydrogen-bond acceptors (Lipinski definition) is 2. The number of rotatable bonds is 6. The zero-order chi connectivity index (χ0) is 11.1. The predicted molar refractivity (Wildman–Crippen MR) is 70.4 cm³/mol. The number of nitrogens with one attached hydrogen (secondary N) is 1. The van der Waals surface area contributed by atoms with Crippen LogP contribution in [0, 0.1) is 5.92 Å². The monoisotopic (exact) mass is 223 g/mol. The van der Waals surface area contributed by atoms with E-state index in [4.69, 9.17) is 0 Å². The van der Waals surface area contributed by atoms with Crippen LogP contribution < -0.4 is 5.32 Å². The largest absolute Gasteiger partial charge is 0.309 e. The fourth-order valence-corrected chi connectivity index (χ4v) is 2.04. The van der Waals surface area contributed by atoms with Gasteiger partial charge in [0.2, 0.25) is 0 Å². The van der Waals surface area contributed by atoms with Crippen molar-refractivity contribution in [1.29, 1.82) is 0 Å². The van der Waals surface area contributed by atoms with Crippen molar-refractivity contribution in [3.05, 3.63) is 35.9 Å². The minimum absolute atomic E-state index is 0.485. The summed E-state index contributed by atoms with van der Waals surface area (Å²) in [4.78, 5) is 0. The third-order valence-electron chi connectivity index (χ3n) is 2.50. The lowest BCUT2D eigenvalue weighted by Crippen LogP contribution is -2.27. The van der Waals surface area contributed by atoms with Gasteiger partial charge in [0, 0.05) is 18.3 Å². The lowest BCUT2D eigenvalue weighted by Gasteiger charge is -2.22. The third kappa shape index (κ3) is 4.27. The minimum Gasteiger partial charge on any atom is -0.309 e. The van der Waals surface area contributed by atoms with E-state index in [9.17, 15) is 0 Å². The Bertz CT molecular complexity index is 258. The van der Waals surface area contributed by atoms with Crippen LogP contribution in [-0.4, -0.2) is 18.6 Å². The summed E-state index contributed by atoms with van der Waals surface area (Å²) in [5.41, 5.74) is 1.40. The maximum atomic E-state index is 3.62. The number of thioether (sulfide) groups is 1. The summed E-state index contributed by atoms with van der Waals surface area (Å²) in [6.07, 6.45) is 2.15. The molecule has 0 radical (unpaired) electrons. The van der Waals surface area contributed by atoms with Gasteiger partial charge >= 0.3 is 0 Å². The quantitative estimate of drug-likeness (QED) is 0.742. The first-order chi connectivity index (χ1) is 7.25. The van der Waals surface area contributed by atoms with Crippen LogP contribution in [0.1, 0.15) is 25.5 Å². The molecule has 15 heavy (non-hydrogen) atoms. The van der Waals surface area contributed by atoms with E-state index in [1.54, 1.807) is 0 Å². The van der Waals surface area contributed by atoms with Gasteiger partial charge in [0.15, 0.2) is 0 Å². The van der Waals surface area contributed by atoms with Crippen LogP contribution in [0.5, 0.6) is 0 Å². The summed E-state index contributed by atoms with van der Waals surface area (Å²) in [5, 5.41) is 3.62. The smallest absolute Gasteiger partial charge is 0.0343 e.